The fourth-order valence-electron chi connectivity index (χ4n) is 7.34. The van der Waals surface area contributed by atoms with Crippen LogP contribution in [0, 0.1) is 19.7 Å². The van der Waals surface area contributed by atoms with E-state index in [1.54, 1.807) is 33.9 Å². The largest absolute Gasteiger partial charge is 0.489 e. The van der Waals surface area contributed by atoms with Gasteiger partial charge in [-0.05, 0) is 96.2 Å². The Bertz CT molecular complexity index is 2140. The fraction of sp³-hybridized carbons (Fsp3) is 0.533. The number of hydrogen-bond acceptors (Lipinski definition) is 11. The van der Waals surface area contributed by atoms with E-state index in [-0.39, 0.29) is 75.3 Å². The number of likely N-dealkylation sites (N-methyl/N-ethyl adjacent to an activating group) is 1. The van der Waals surface area contributed by atoms with Crippen molar-refractivity contribution in [3.63, 3.8) is 0 Å². The number of anilines is 1. The lowest BCUT2D eigenvalue weighted by atomic mass is 10.0. The van der Waals surface area contributed by atoms with Crippen LogP contribution in [0.2, 0.25) is 0 Å². The summed E-state index contributed by atoms with van der Waals surface area (Å²) >= 11 is 0. The van der Waals surface area contributed by atoms with Crippen molar-refractivity contribution in [2.45, 2.75) is 91.1 Å². The van der Waals surface area contributed by atoms with Crippen LogP contribution in [0.5, 0.6) is 5.75 Å². The minimum atomic E-state index is -0.628. The first-order valence-corrected chi connectivity index (χ1v) is 20.9. The van der Waals surface area contributed by atoms with Crippen molar-refractivity contribution in [1.29, 1.82) is 0 Å². The summed E-state index contributed by atoms with van der Waals surface area (Å²) in [5, 5.41) is 2.93. The summed E-state index contributed by atoms with van der Waals surface area (Å²) in [4.78, 5) is 53.8. The van der Waals surface area contributed by atoms with Gasteiger partial charge in [0.2, 0.25) is 5.91 Å². The summed E-state index contributed by atoms with van der Waals surface area (Å²) < 4.78 is 39.8. The number of carbonyl (C=O) groups is 2. The number of pyridine rings is 3. The number of halogens is 1. The molecule has 1 N–H and O–H groups in total. The molecule has 4 heterocycles. The number of carbonyl (C=O) groups excluding carboxylic acids is 2. The van der Waals surface area contributed by atoms with Gasteiger partial charge in [0.05, 0.1) is 43.8 Å². The Morgan fingerprint density at radius 3 is 2.50 bits per heavy atom. The average molecular weight is 830 g/mol. The molecule has 15 heteroatoms. The fourth-order valence-corrected chi connectivity index (χ4v) is 7.34. The van der Waals surface area contributed by atoms with Crippen molar-refractivity contribution < 1.29 is 32.9 Å². The second-order valence-corrected chi connectivity index (χ2v) is 16.8. The molecular formula is C45H60FN7O7. The molecule has 4 aromatic rings. The second-order valence-electron chi connectivity index (χ2n) is 16.8. The number of nitrogens with one attached hydrogen (secondary N) is 1. The number of aromatic nitrogens is 3. The van der Waals surface area contributed by atoms with Crippen LogP contribution in [0.4, 0.5) is 14.9 Å². The molecule has 0 radical (unpaired) electrons. The number of piperidine rings is 1. The number of ether oxygens (including phenoxy) is 4. The lowest BCUT2D eigenvalue weighted by Crippen LogP contribution is -2.48. The third-order valence-electron chi connectivity index (χ3n) is 10.6. The Morgan fingerprint density at radius 1 is 0.967 bits per heavy atom. The third kappa shape index (κ3) is 12.7. The summed E-state index contributed by atoms with van der Waals surface area (Å²) in [6.45, 7) is 13.2. The molecule has 1 saturated heterocycles. The predicted octanol–water partition coefficient (Wildman–Crippen LogP) is 5.95. The van der Waals surface area contributed by atoms with Gasteiger partial charge in [0.25, 0.3) is 0 Å². The molecule has 324 valence electrons. The standard InChI is InChI=1S/C45H60FN7O7/c1-31-9-10-36(25-49-31)51-16-7-8-37(29-51)52(26-33-13-14-47-32(2)22-33)27-34-28-53(35-11-12-35)40-24-41(39(46)23-38(40)43(34)55)59-19-17-50(6)42(54)30-58-21-20-57-18-15-48-44(56)60-45(3,4)5/h9-10,13-14,22-25,28,35,37H,7-8,11-12,15-21,26-27,29-30H2,1-6H3,(H,48,56)/t37-/m0/s1. The molecule has 1 atom stereocenters. The minimum absolute atomic E-state index is 0.0297. The number of alkyl carbamates (subject to hydrolysis) is 1. The Morgan fingerprint density at radius 2 is 1.77 bits per heavy atom. The highest BCUT2D eigenvalue weighted by Crippen LogP contribution is 2.38. The van der Waals surface area contributed by atoms with E-state index in [9.17, 15) is 14.4 Å². The maximum absolute atomic E-state index is 15.8. The molecule has 1 aliphatic heterocycles. The van der Waals surface area contributed by atoms with Gasteiger partial charge < -0.3 is 38.6 Å². The van der Waals surface area contributed by atoms with Crippen LogP contribution in [0.25, 0.3) is 10.9 Å². The Balaban J connectivity index is 1.07. The van der Waals surface area contributed by atoms with E-state index in [2.05, 4.69) is 41.8 Å². The molecule has 2 amide bonds. The lowest BCUT2D eigenvalue weighted by molar-refractivity contribution is -0.135. The summed E-state index contributed by atoms with van der Waals surface area (Å²) in [5.74, 6) is -0.862. The van der Waals surface area contributed by atoms with Gasteiger partial charge in [-0.3, -0.25) is 24.5 Å². The number of fused-ring (bicyclic) bond motifs is 1. The first kappa shape index (κ1) is 44.4. The van der Waals surface area contributed by atoms with E-state index in [1.807, 2.05) is 44.6 Å². The summed E-state index contributed by atoms with van der Waals surface area (Å²) in [6.07, 6.45) is 9.16. The molecule has 1 saturated carbocycles. The minimum Gasteiger partial charge on any atom is -0.489 e. The highest BCUT2D eigenvalue weighted by Gasteiger charge is 2.30. The average Bonchev–Trinajstić information content (AvgIpc) is 4.05. The van der Waals surface area contributed by atoms with Crippen molar-refractivity contribution in [3.05, 3.63) is 93.5 Å². The molecule has 0 bridgehead atoms. The number of rotatable bonds is 19. The van der Waals surface area contributed by atoms with E-state index in [0.717, 1.165) is 61.4 Å². The molecule has 0 unspecified atom stereocenters. The second kappa shape index (κ2) is 20.4. The quantitative estimate of drug-likeness (QED) is 0.112. The zero-order valence-corrected chi connectivity index (χ0v) is 35.9. The van der Waals surface area contributed by atoms with Crippen LogP contribution in [0.3, 0.4) is 0 Å². The Hall–Kier alpha value is -5.12. The van der Waals surface area contributed by atoms with Gasteiger partial charge in [0.1, 0.15) is 18.8 Å². The van der Waals surface area contributed by atoms with Crippen LogP contribution in [0.1, 0.15) is 75.0 Å². The van der Waals surface area contributed by atoms with Gasteiger partial charge in [0.15, 0.2) is 17.0 Å². The maximum Gasteiger partial charge on any atom is 0.407 e. The molecule has 2 aliphatic rings. The molecule has 1 aliphatic carbocycles. The molecule has 3 aromatic heterocycles. The monoisotopic (exact) mass is 829 g/mol. The van der Waals surface area contributed by atoms with Crippen LogP contribution in [0.15, 0.2) is 59.8 Å². The topological polar surface area (TPSA) is 141 Å². The lowest BCUT2D eigenvalue weighted by Gasteiger charge is -2.40. The van der Waals surface area contributed by atoms with Crippen molar-refractivity contribution in [2.75, 3.05) is 71.2 Å². The predicted molar refractivity (Wildman–Crippen MR) is 228 cm³/mol. The highest BCUT2D eigenvalue weighted by molar-refractivity contribution is 5.82. The Kier molecular flexibility index (Phi) is 15.1. The number of aryl methyl sites for hydroxylation is 2. The molecule has 14 nitrogen and oxygen atoms in total. The molecule has 0 spiro atoms. The van der Waals surface area contributed by atoms with Gasteiger partial charge in [0, 0.05) is 92.7 Å². The SMILES string of the molecule is Cc1ccc(N2CCC[C@H](N(Cc3ccnc(C)c3)Cc3cn(C4CC4)c4cc(OCCN(C)C(=O)COCCOCCNC(=O)OC(C)(C)C)c(F)cc4c3=O)C2)cn1. The van der Waals surface area contributed by atoms with Crippen molar-refractivity contribution in [1.82, 2.24) is 29.7 Å². The number of benzene rings is 1. The van der Waals surface area contributed by atoms with Gasteiger partial charge in [-0.15, -0.1) is 0 Å². The Labute approximate surface area is 352 Å². The maximum atomic E-state index is 15.8. The van der Waals surface area contributed by atoms with Crippen LogP contribution < -0.4 is 20.4 Å². The first-order chi connectivity index (χ1) is 28.7. The van der Waals surface area contributed by atoms with Gasteiger partial charge in [-0.25, -0.2) is 9.18 Å². The molecule has 6 rings (SSSR count). The summed E-state index contributed by atoms with van der Waals surface area (Å²) in [5.41, 5.74) is 4.64. The first-order valence-electron chi connectivity index (χ1n) is 20.9. The number of nitrogens with zero attached hydrogens (tertiary/aromatic N) is 6. The van der Waals surface area contributed by atoms with Gasteiger partial charge >= 0.3 is 6.09 Å². The smallest absolute Gasteiger partial charge is 0.407 e. The van der Waals surface area contributed by atoms with Crippen molar-refractivity contribution in [3.8, 4) is 5.75 Å². The van der Waals surface area contributed by atoms with Gasteiger partial charge in [-0.1, -0.05) is 0 Å². The molecule has 1 aromatic carbocycles. The van der Waals surface area contributed by atoms with Crippen LogP contribution in [-0.2, 0) is 32.1 Å². The zero-order chi connectivity index (χ0) is 42.8. The molecule has 2 fully saturated rings. The number of hydrogen-bond donors (Lipinski definition) is 1. The third-order valence-corrected chi connectivity index (χ3v) is 10.6. The van der Waals surface area contributed by atoms with E-state index in [0.29, 0.717) is 29.6 Å². The normalized spacial score (nSPS) is 15.7. The van der Waals surface area contributed by atoms with Crippen LogP contribution >= 0.6 is 0 Å². The van der Waals surface area contributed by atoms with Crippen LogP contribution in [-0.4, -0.2) is 114 Å². The summed E-state index contributed by atoms with van der Waals surface area (Å²) in [7, 11) is 1.63. The van der Waals surface area contributed by atoms with E-state index in [1.165, 1.54) is 11.0 Å². The molecule has 60 heavy (non-hydrogen) atoms. The zero-order valence-electron chi connectivity index (χ0n) is 35.9. The highest BCUT2D eigenvalue weighted by atomic mass is 19.1. The van der Waals surface area contributed by atoms with E-state index < -0.39 is 17.5 Å². The molecular weight excluding hydrogens is 770 g/mol. The van der Waals surface area contributed by atoms with Gasteiger partial charge in [-0.2, -0.15) is 0 Å². The summed E-state index contributed by atoms with van der Waals surface area (Å²) in [6, 6.07) is 11.6. The number of amides is 2. The van der Waals surface area contributed by atoms with Crippen molar-refractivity contribution >= 4 is 28.6 Å². The van der Waals surface area contributed by atoms with E-state index in [4.69, 9.17) is 18.9 Å². The van der Waals surface area contributed by atoms with Crippen molar-refractivity contribution in [2.24, 2.45) is 0 Å². The van der Waals surface area contributed by atoms with E-state index >= 15 is 4.39 Å².